The molecule has 2 aromatic carbocycles. The number of hydrogen-bond acceptors (Lipinski definition) is 2. The van der Waals surface area contributed by atoms with Crippen LogP contribution in [0.3, 0.4) is 0 Å². The number of benzene rings is 2. The van der Waals surface area contributed by atoms with Gasteiger partial charge in [-0.15, -0.1) is 0 Å². The Labute approximate surface area is 119 Å². The molecule has 20 heavy (non-hydrogen) atoms. The average molecular weight is 267 g/mol. The van der Waals surface area contributed by atoms with Crippen LogP contribution >= 0.6 is 0 Å². The van der Waals surface area contributed by atoms with Gasteiger partial charge in [0, 0.05) is 16.7 Å². The molecule has 0 radical (unpaired) electrons. The molecule has 0 atom stereocenters. The van der Waals surface area contributed by atoms with Crippen LogP contribution in [-0.2, 0) is 0 Å². The Hall–Kier alpha value is -2.16. The van der Waals surface area contributed by atoms with Crippen molar-refractivity contribution in [2.75, 3.05) is 6.73 Å². The van der Waals surface area contributed by atoms with Gasteiger partial charge in [0.15, 0.2) is 11.4 Å². The third-order valence-corrected chi connectivity index (χ3v) is 3.60. The molecule has 0 bridgehead atoms. The van der Waals surface area contributed by atoms with Crippen molar-refractivity contribution in [3.8, 4) is 5.75 Å². The summed E-state index contributed by atoms with van der Waals surface area (Å²) in [6, 6.07) is 10.6. The second-order valence-corrected chi connectivity index (χ2v) is 5.49. The standard InChI is InChI=1S/C17H19N2O/c1-11-5-6-13(3)16(9-11)19-10-20-17-14(4)7-12(2)8-15(17)18-19/h5-9H,10H2,1-4H3/q+1. The van der Waals surface area contributed by atoms with Crippen molar-refractivity contribution in [1.29, 1.82) is 0 Å². The Morgan fingerprint density at radius 2 is 1.75 bits per heavy atom. The molecule has 1 heterocycles. The van der Waals surface area contributed by atoms with Gasteiger partial charge >= 0.3 is 6.73 Å². The lowest BCUT2D eigenvalue weighted by molar-refractivity contribution is -0.545. The molecule has 3 nitrogen and oxygen atoms in total. The van der Waals surface area contributed by atoms with Crippen molar-refractivity contribution in [3.63, 3.8) is 0 Å². The van der Waals surface area contributed by atoms with Gasteiger partial charge in [0.25, 0.3) is 0 Å². The van der Waals surface area contributed by atoms with E-state index >= 15 is 0 Å². The summed E-state index contributed by atoms with van der Waals surface area (Å²) in [6.07, 6.45) is 0. The van der Waals surface area contributed by atoms with Crippen molar-refractivity contribution in [2.45, 2.75) is 27.7 Å². The van der Waals surface area contributed by atoms with Gasteiger partial charge in [0.05, 0.1) is 0 Å². The number of fused-ring (bicyclic) bond motifs is 1. The highest BCUT2D eigenvalue weighted by atomic mass is 16.5. The zero-order chi connectivity index (χ0) is 14.3. The van der Waals surface area contributed by atoms with Crippen LogP contribution in [0.1, 0.15) is 22.3 Å². The van der Waals surface area contributed by atoms with Crippen molar-refractivity contribution in [2.24, 2.45) is 5.11 Å². The van der Waals surface area contributed by atoms with E-state index in [1.54, 1.807) is 0 Å². The largest absolute Gasteiger partial charge is 0.431 e. The number of nitrogens with zero attached hydrogens (tertiary/aromatic N) is 2. The minimum Gasteiger partial charge on any atom is -0.431 e. The first-order chi connectivity index (χ1) is 9.54. The molecule has 2 aromatic rings. The minimum absolute atomic E-state index is 0.460. The molecule has 0 amide bonds. The van der Waals surface area contributed by atoms with Crippen LogP contribution < -0.4 is 4.74 Å². The van der Waals surface area contributed by atoms with Crippen molar-refractivity contribution < 1.29 is 9.43 Å². The zero-order valence-corrected chi connectivity index (χ0v) is 12.4. The molecule has 0 aliphatic carbocycles. The Morgan fingerprint density at radius 3 is 2.55 bits per heavy atom. The maximum Gasteiger partial charge on any atom is 0.317 e. The molecule has 1 aliphatic rings. The molecule has 0 N–H and O–H groups in total. The lowest BCUT2D eigenvalue weighted by Crippen LogP contribution is -2.16. The SMILES string of the molecule is Cc1cc(C)c2c(c1)N=[N+](c1cc(C)ccc1C)CO2. The molecule has 3 heteroatoms. The summed E-state index contributed by atoms with van der Waals surface area (Å²) in [6.45, 7) is 8.80. The molecule has 0 fully saturated rings. The predicted molar refractivity (Wildman–Crippen MR) is 79.3 cm³/mol. The van der Waals surface area contributed by atoms with E-state index in [4.69, 9.17) is 9.85 Å². The van der Waals surface area contributed by atoms with E-state index in [1.165, 1.54) is 16.7 Å². The zero-order valence-electron chi connectivity index (χ0n) is 12.4. The third-order valence-electron chi connectivity index (χ3n) is 3.60. The normalized spacial score (nSPS) is 13.5. The van der Waals surface area contributed by atoms with Crippen molar-refractivity contribution >= 4 is 11.4 Å². The monoisotopic (exact) mass is 267 g/mol. The highest BCUT2D eigenvalue weighted by Gasteiger charge is 2.24. The minimum atomic E-state index is 0.460. The van der Waals surface area contributed by atoms with Crippen molar-refractivity contribution in [3.05, 3.63) is 52.6 Å². The predicted octanol–water partition coefficient (Wildman–Crippen LogP) is 4.70. The van der Waals surface area contributed by atoms with Crippen LogP contribution in [0.15, 0.2) is 35.4 Å². The van der Waals surface area contributed by atoms with Crippen molar-refractivity contribution in [1.82, 2.24) is 0 Å². The van der Waals surface area contributed by atoms with Gasteiger partial charge in [-0.2, -0.15) is 0 Å². The van der Waals surface area contributed by atoms with E-state index < -0.39 is 0 Å². The molecule has 1 aliphatic heterocycles. The lowest BCUT2D eigenvalue weighted by Gasteiger charge is -2.15. The number of rotatable bonds is 1. The van der Waals surface area contributed by atoms with Crippen LogP contribution in [0.2, 0.25) is 0 Å². The van der Waals surface area contributed by atoms with E-state index in [1.807, 2.05) is 4.70 Å². The first kappa shape index (κ1) is 12.9. The van der Waals surface area contributed by atoms with Crippen LogP contribution in [0, 0.1) is 27.7 Å². The second kappa shape index (κ2) is 4.75. The number of hydrogen-bond donors (Lipinski definition) is 0. The average Bonchev–Trinajstić information content (AvgIpc) is 2.40. The van der Waals surface area contributed by atoms with E-state index in [2.05, 4.69) is 58.0 Å². The Balaban J connectivity index is 2.13. The van der Waals surface area contributed by atoms with Crippen LogP contribution in [0.4, 0.5) is 11.4 Å². The fourth-order valence-corrected chi connectivity index (χ4v) is 2.60. The van der Waals surface area contributed by atoms with E-state index in [9.17, 15) is 0 Å². The number of aryl methyl sites for hydroxylation is 4. The molecule has 0 aromatic heterocycles. The Kier molecular flexibility index (Phi) is 3.05. The molecule has 0 spiro atoms. The molecule has 0 saturated carbocycles. The third kappa shape index (κ3) is 2.20. The van der Waals surface area contributed by atoms with Gasteiger partial charge in [0.2, 0.25) is 5.69 Å². The maximum absolute atomic E-state index is 5.90. The Bertz CT molecular complexity index is 717. The topological polar surface area (TPSA) is 24.6 Å². The Morgan fingerprint density at radius 1 is 0.950 bits per heavy atom. The fraction of sp³-hybridized carbons (Fsp3) is 0.294. The summed E-state index contributed by atoms with van der Waals surface area (Å²) in [5.41, 5.74) is 6.80. The molecular formula is C17H19N2O+. The molecular weight excluding hydrogens is 248 g/mol. The number of azo groups is 2. The summed E-state index contributed by atoms with van der Waals surface area (Å²) in [4.78, 5) is 0. The van der Waals surface area contributed by atoms with Gasteiger partial charge in [-0.05, 0) is 55.1 Å². The fourth-order valence-electron chi connectivity index (χ4n) is 2.60. The summed E-state index contributed by atoms with van der Waals surface area (Å²) >= 11 is 0. The highest BCUT2D eigenvalue weighted by molar-refractivity contribution is 5.57. The lowest BCUT2D eigenvalue weighted by atomic mass is 10.1. The van der Waals surface area contributed by atoms with Gasteiger partial charge in [0.1, 0.15) is 0 Å². The second-order valence-electron chi connectivity index (χ2n) is 5.49. The van der Waals surface area contributed by atoms with E-state index in [-0.39, 0.29) is 0 Å². The van der Waals surface area contributed by atoms with E-state index in [0.29, 0.717) is 6.73 Å². The summed E-state index contributed by atoms with van der Waals surface area (Å²) in [5.74, 6) is 0.900. The summed E-state index contributed by atoms with van der Waals surface area (Å²) in [7, 11) is 0. The van der Waals surface area contributed by atoms with E-state index in [0.717, 1.165) is 22.7 Å². The molecule has 102 valence electrons. The molecule has 0 saturated heterocycles. The quantitative estimate of drug-likeness (QED) is 0.687. The van der Waals surface area contributed by atoms with Gasteiger partial charge in [-0.3, -0.25) is 0 Å². The van der Waals surface area contributed by atoms with Gasteiger partial charge in [-0.1, -0.05) is 18.2 Å². The first-order valence-electron chi connectivity index (χ1n) is 6.85. The first-order valence-corrected chi connectivity index (χ1v) is 6.85. The molecule has 3 rings (SSSR count). The van der Waals surface area contributed by atoms with Gasteiger partial charge in [-0.25, -0.2) is 0 Å². The van der Waals surface area contributed by atoms with Gasteiger partial charge < -0.3 is 4.74 Å². The highest BCUT2D eigenvalue weighted by Crippen LogP contribution is 2.37. The van der Waals surface area contributed by atoms with Crippen LogP contribution in [0.25, 0.3) is 0 Å². The maximum atomic E-state index is 5.90. The summed E-state index contributed by atoms with van der Waals surface area (Å²) < 4.78 is 7.84. The smallest absolute Gasteiger partial charge is 0.317 e. The van der Waals surface area contributed by atoms with Crippen LogP contribution in [-0.4, -0.2) is 11.4 Å². The molecule has 0 unspecified atom stereocenters. The number of ether oxygens (including phenoxy) is 1. The summed E-state index contributed by atoms with van der Waals surface area (Å²) in [5, 5.41) is 4.75. The van der Waals surface area contributed by atoms with Crippen LogP contribution in [0.5, 0.6) is 5.75 Å².